The van der Waals surface area contributed by atoms with Gasteiger partial charge in [-0.2, -0.15) is 0 Å². The van der Waals surface area contributed by atoms with Gasteiger partial charge in [0.2, 0.25) is 0 Å². The van der Waals surface area contributed by atoms with Crippen LogP contribution in [-0.2, 0) is 6.54 Å². The Kier molecular flexibility index (Phi) is 5.90. The van der Waals surface area contributed by atoms with Crippen LogP contribution >= 0.6 is 0 Å². The minimum atomic E-state index is 0.538. The highest BCUT2D eigenvalue weighted by Gasteiger charge is 2.16. The second-order valence-electron chi connectivity index (χ2n) is 6.23. The van der Waals surface area contributed by atoms with Gasteiger partial charge in [0.25, 0.3) is 0 Å². The molecule has 2 rings (SSSR count). The van der Waals surface area contributed by atoms with Gasteiger partial charge in [0.1, 0.15) is 5.75 Å². The van der Waals surface area contributed by atoms with Crippen LogP contribution in [0, 0.1) is 11.8 Å². The first-order valence-corrected chi connectivity index (χ1v) is 7.89. The number of hydrogen-bond acceptors (Lipinski definition) is 2. The lowest BCUT2D eigenvalue weighted by Crippen LogP contribution is -2.37. The van der Waals surface area contributed by atoms with Crippen molar-refractivity contribution in [2.45, 2.75) is 39.7 Å². The minimum absolute atomic E-state index is 0.538. The van der Waals surface area contributed by atoms with Gasteiger partial charge in [0, 0.05) is 6.54 Å². The van der Waals surface area contributed by atoms with Gasteiger partial charge in [0.05, 0.1) is 13.2 Å². The van der Waals surface area contributed by atoms with Gasteiger partial charge in [-0.25, -0.2) is 4.99 Å². The summed E-state index contributed by atoms with van der Waals surface area (Å²) in [6.45, 7) is 6.59. The van der Waals surface area contributed by atoms with Gasteiger partial charge < -0.3 is 15.8 Å². The quantitative estimate of drug-likeness (QED) is 0.599. The first-order valence-electron chi connectivity index (χ1n) is 7.89. The van der Waals surface area contributed by atoms with Crippen LogP contribution in [0.4, 0.5) is 0 Å². The Labute approximate surface area is 127 Å². The summed E-state index contributed by atoms with van der Waals surface area (Å²) < 4.78 is 5.66. The van der Waals surface area contributed by atoms with E-state index in [2.05, 4.69) is 24.2 Å². The van der Waals surface area contributed by atoms with Gasteiger partial charge >= 0.3 is 0 Å². The highest BCUT2D eigenvalue weighted by molar-refractivity contribution is 5.77. The van der Waals surface area contributed by atoms with E-state index in [-0.39, 0.29) is 0 Å². The van der Waals surface area contributed by atoms with E-state index in [9.17, 15) is 0 Å². The molecule has 0 saturated heterocycles. The molecular formula is C17H27N3O. The third-order valence-corrected chi connectivity index (χ3v) is 3.74. The van der Waals surface area contributed by atoms with Gasteiger partial charge in [-0.05, 0) is 42.4 Å². The van der Waals surface area contributed by atoms with Crippen molar-refractivity contribution in [3.8, 4) is 5.75 Å². The summed E-state index contributed by atoms with van der Waals surface area (Å²) in [4.78, 5) is 4.37. The summed E-state index contributed by atoms with van der Waals surface area (Å²) in [6, 6.07) is 8.06. The maximum absolute atomic E-state index is 5.87. The van der Waals surface area contributed by atoms with Gasteiger partial charge in [0.15, 0.2) is 5.96 Å². The molecule has 4 nitrogen and oxygen atoms in total. The number of ether oxygens (including phenoxy) is 1. The molecule has 0 spiro atoms. The molecular weight excluding hydrogens is 262 g/mol. The van der Waals surface area contributed by atoms with Crippen molar-refractivity contribution in [3.63, 3.8) is 0 Å². The largest absolute Gasteiger partial charge is 0.493 e. The van der Waals surface area contributed by atoms with Gasteiger partial charge in [-0.3, -0.25) is 0 Å². The van der Waals surface area contributed by atoms with Crippen molar-refractivity contribution >= 4 is 5.96 Å². The Hall–Kier alpha value is -1.71. The van der Waals surface area contributed by atoms with Crippen molar-refractivity contribution < 1.29 is 4.74 Å². The second kappa shape index (κ2) is 7.91. The van der Waals surface area contributed by atoms with Gasteiger partial charge in [-0.15, -0.1) is 0 Å². The molecule has 3 N–H and O–H groups in total. The predicted octanol–water partition coefficient (Wildman–Crippen LogP) is 2.93. The van der Waals surface area contributed by atoms with Crippen molar-refractivity contribution in [3.05, 3.63) is 29.8 Å². The number of nitrogens with zero attached hydrogens (tertiary/aromatic N) is 1. The topological polar surface area (TPSA) is 59.6 Å². The number of rotatable bonds is 7. The normalized spacial score (nSPS) is 15.9. The van der Waals surface area contributed by atoms with Crippen molar-refractivity contribution in [2.75, 3.05) is 13.2 Å². The zero-order chi connectivity index (χ0) is 15.1. The molecule has 0 bridgehead atoms. The minimum Gasteiger partial charge on any atom is -0.493 e. The number of aliphatic imine (C=N–C) groups is 1. The summed E-state index contributed by atoms with van der Waals surface area (Å²) in [7, 11) is 0. The van der Waals surface area contributed by atoms with E-state index in [1.165, 1.54) is 19.3 Å². The Bertz CT molecular complexity index is 450. The summed E-state index contributed by atoms with van der Waals surface area (Å²) in [6.07, 6.45) is 3.99. The Morgan fingerprint density at radius 3 is 2.62 bits per heavy atom. The summed E-state index contributed by atoms with van der Waals surface area (Å²) >= 11 is 0. The molecule has 0 aromatic heterocycles. The lowest BCUT2D eigenvalue weighted by atomic mass is 9.85. The molecule has 0 heterocycles. The van der Waals surface area contributed by atoms with Gasteiger partial charge in [-0.1, -0.05) is 32.4 Å². The van der Waals surface area contributed by atoms with E-state index in [1.54, 1.807) is 0 Å². The van der Waals surface area contributed by atoms with Crippen molar-refractivity contribution in [1.29, 1.82) is 0 Å². The lowest BCUT2D eigenvalue weighted by Gasteiger charge is -2.25. The molecule has 1 aromatic carbocycles. The third kappa shape index (κ3) is 5.66. The second-order valence-corrected chi connectivity index (χ2v) is 6.23. The standard InChI is InChI=1S/C17H27N3O/c1-13(2)12-21-16-8-6-15(7-9-16)11-20-17(18)19-10-14-4-3-5-14/h6-9,13-14H,3-5,10-12H2,1-2H3,(H3,18,19,20). The van der Waals surface area contributed by atoms with Crippen LogP contribution in [0.3, 0.4) is 0 Å². The van der Waals surface area contributed by atoms with E-state index < -0.39 is 0 Å². The zero-order valence-corrected chi connectivity index (χ0v) is 13.1. The monoisotopic (exact) mass is 289 g/mol. The molecule has 4 heteroatoms. The van der Waals surface area contributed by atoms with Crippen LogP contribution in [0.2, 0.25) is 0 Å². The Morgan fingerprint density at radius 1 is 1.33 bits per heavy atom. The van der Waals surface area contributed by atoms with E-state index in [0.29, 0.717) is 18.4 Å². The van der Waals surface area contributed by atoms with Crippen molar-refractivity contribution in [1.82, 2.24) is 5.32 Å². The van der Waals surface area contributed by atoms with Crippen LogP contribution in [-0.4, -0.2) is 19.1 Å². The van der Waals surface area contributed by atoms with Crippen LogP contribution in [0.5, 0.6) is 5.75 Å². The average molecular weight is 289 g/mol. The number of guanidine groups is 1. The Balaban J connectivity index is 1.73. The van der Waals surface area contributed by atoms with E-state index in [1.807, 2.05) is 24.3 Å². The molecule has 0 amide bonds. The molecule has 0 atom stereocenters. The predicted molar refractivity (Wildman–Crippen MR) is 87.4 cm³/mol. The molecule has 1 saturated carbocycles. The highest BCUT2D eigenvalue weighted by atomic mass is 16.5. The lowest BCUT2D eigenvalue weighted by molar-refractivity contribution is 0.271. The fraction of sp³-hybridized carbons (Fsp3) is 0.588. The third-order valence-electron chi connectivity index (χ3n) is 3.74. The van der Waals surface area contributed by atoms with Crippen LogP contribution < -0.4 is 15.8 Å². The fourth-order valence-corrected chi connectivity index (χ4v) is 2.13. The van der Waals surface area contributed by atoms with Crippen LogP contribution in [0.25, 0.3) is 0 Å². The molecule has 21 heavy (non-hydrogen) atoms. The molecule has 1 aliphatic rings. The number of benzene rings is 1. The molecule has 1 aromatic rings. The van der Waals surface area contributed by atoms with E-state index in [4.69, 9.17) is 10.5 Å². The smallest absolute Gasteiger partial charge is 0.188 e. The SMILES string of the molecule is CC(C)COc1ccc(CN=C(N)NCC2CCC2)cc1. The molecule has 0 aliphatic heterocycles. The highest BCUT2D eigenvalue weighted by Crippen LogP contribution is 2.25. The number of nitrogens with one attached hydrogen (secondary N) is 1. The van der Waals surface area contributed by atoms with E-state index in [0.717, 1.165) is 30.4 Å². The molecule has 1 fully saturated rings. The molecule has 0 unspecified atom stereocenters. The van der Waals surface area contributed by atoms with Crippen LogP contribution in [0.15, 0.2) is 29.3 Å². The van der Waals surface area contributed by atoms with Crippen molar-refractivity contribution in [2.24, 2.45) is 22.6 Å². The Morgan fingerprint density at radius 2 is 2.05 bits per heavy atom. The fourth-order valence-electron chi connectivity index (χ4n) is 2.13. The van der Waals surface area contributed by atoms with E-state index >= 15 is 0 Å². The maximum atomic E-state index is 5.87. The molecule has 0 radical (unpaired) electrons. The maximum Gasteiger partial charge on any atom is 0.188 e. The zero-order valence-electron chi connectivity index (χ0n) is 13.1. The molecule has 116 valence electrons. The van der Waals surface area contributed by atoms with Crippen LogP contribution in [0.1, 0.15) is 38.7 Å². The average Bonchev–Trinajstić information content (AvgIpc) is 2.42. The molecule has 1 aliphatic carbocycles. The summed E-state index contributed by atoms with van der Waals surface area (Å²) in [5, 5.41) is 3.20. The first-order chi connectivity index (χ1) is 10.1. The summed E-state index contributed by atoms with van der Waals surface area (Å²) in [5.41, 5.74) is 7.01. The first kappa shape index (κ1) is 15.7. The summed E-state index contributed by atoms with van der Waals surface area (Å²) in [5.74, 6) is 2.78. The number of nitrogens with two attached hydrogens (primary N) is 1. The number of hydrogen-bond donors (Lipinski definition) is 2.